The van der Waals surface area contributed by atoms with Gasteiger partial charge in [-0.25, -0.2) is 0 Å². The number of Topliss-reactive ketones (excluding diaryl/α,β-unsaturated/α-hetero) is 1. The molecule has 0 amide bonds. The molecule has 2 fully saturated rings. The van der Waals surface area contributed by atoms with Crippen LogP contribution in [0.25, 0.3) is 0 Å². The van der Waals surface area contributed by atoms with Gasteiger partial charge >= 0.3 is 6.18 Å². The maximum absolute atomic E-state index is 12.6. The van der Waals surface area contributed by atoms with E-state index in [1.807, 2.05) is 13.8 Å². The summed E-state index contributed by atoms with van der Waals surface area (Å²) in [6, 6.07) is 5.36. The number of aliphatic imine (C=N–C) groups is 1. The van der Waals surface area contributed by atoms with Gasteiger partial charge in [0.25, 0.3) is 0 Å². The van der Waals surface area contributed by atoms with Crippen molar-refractivity contribution in [3.8, 4) is 0 Å². The summed E-state index contributed by atoms with van der Waals surface area (Å²) in [7, 11) is 0. The predicted octanol–water partition coefficient (Wildman–Crippen LogP) is 8.91. The van der Waals surface area contributed by atoms with E-state index in [1.54, 1.807) is 18.3 Å². The van der Waals surface area contributed by atoms with Crippen molar-refractivity contribution in [2.75, 3.05) is 0 Å². The van der Waals surface area contributed by atoms with Crippen LogP contribution in [0.1, 0.15) is 108 Å². The number of benzene rings is 1. The number of allylic oxidation sites excluding steroid dienone is 2. The number of carbonyl (C=O) groups is 1. The lowest BCUT2D eigenvalue weighted by atomic mass is 9.65. The van der Waals surface area contributed by atoms with Crippen LogP contribution in [0.2, 0.25) is 0 Å². The molecule has 0 bridgehead atoms. The molecule has 1 aromatic rings. The molecule has 188 valence electrons. The van der Waals surface area contributed by atoms with Gasteiger partial charge in [-0.15, -0.1) is 0 Å². The van der Waals surface area contributed by atoms with Crippen LogP contribution in [-0.2, 0) is 11.0 Å². The summed E-state index contributed by atoms with van der Waals surface area (Å²) in [5, 5.41) is 0. The van der Waals surface area contributed by atoms with Crippen molar-refractivity contribution >= 4 is 12.0 Å². The third-order valence-electron chi connectivity index (χ3n) is 8.21. The highest BCUT2D eigenvalue weighted by atomic mass is 19.4. The minimum atomic E-state index is -4.30. The van der Waals surface area contributed by atoms with Crippen molar-refractivity contribution < 1.29 is 18.0 Å². The lowest BCUT2D eigenvalue weighted by Crippen LogP contribution is -2.29. The Morgan fingerprint density at radius 3 is 2.06 bits per heavy atom. The third-order valence-corrected chi connectivity index (χ3v) is 8.21. The van der Waals surface area contributed by atoms with Crippen LogP contribution in [0, 0.1) is 17.8 Å². The zero-order valence-corrected chi connectivity index (χ0v) is 21.0. The molecule has 2 saturated carbocycles. The Hall–Kier alpha value is -1.91. The zero-order chi connectivity index (χ0) is 24.7. The summed E-state index contributed by atoms with van der Waals surface area (Å²) in [6.45, 7) is 6.44. The molecular weight excluding hydrogens is 435 g/mol. The highest BCUT2D eigenvalue weighted by Crippen LogP contribution is 2.43. The van der Waals surface area contributed by atoms with Crippen LogP contribution < -0.4 is 0 Å². The normalized spacial score (nSPS) is 20.0. The monoisotopic (exact) mass is 475 g/mol. The number of nitrogens with zero attached hydrogens (tertiary/aromatic N) is 1. The SMILES string of the molecule is CC(C1CCC1)C1CCC1.CCC1=C(CCCC(C)c2ccc(C(F)(F)F)cc2)N=CCC1=O. The maximum Gasteiger partial charge on any atom is 0.416 e. The number of rotatable bonds is 8. The Morgan fingerprint density at radius 1 is 1.00 bits per heavy atom. The lowest BCUT2D eigenvalue weighted by Gasteiger charge is -2.40. The first-order valence-electron chi connectivity index (χ1n) is 13.2. The van der Waals surface area contributed by atoms with Gasteiger partial charge in [0, 0.05) is 23.9 Å². The Morgan fingerprint density at radius 2 is 1.59 bits per heavy atom. The molecule has 0 N–H and O–H groups in total. The van der Waals surface area contributed by atoms with Crippen molar-refractivity contribution in [3.63, 3.8) is 0 Å². The average Bonchev–Trinajstić information content (AvgIpc) is 2.71. The Balaban J connectivity index is 0.000000266. The van der Waals surface area contributed by atoms with Gasteiger partial charge in [-0.3, -0.25) is 9.79 Å². The Labute approximate surface area is 203 Å². The Kier molecular flexibility index (Phi) is 9.56. The van der Waals surface area contributed by atoms with E-state index in [4.69, 9.17) is 0 Å². The molecule has 4 rings (SSSR count). The second kappa shape index (κ2) is 12.2. The fraction of sp³-hybridized carbons (Fsp3) is 0.655. The number of ketones is 1. The summed E-state index contributed by atoms with van der Waals surface area (Å²) < 4.78 is 37.8. The fourth-order valence-corrected chi connectivity index (χ4v) is 5.28. The van der Waals surface area contributed by atoms with Gasteiger partial charge in [0.05, 0.1) is 5.56 Å². The van der Waals surface area contributed by atoms with Gasteiger partial charge in [0.15, 0.2) is 5.78 Å². The van der Waals surface area contributed by atoms with Crippen molar-refractivity contribution in [1.82, 2.24) is 0 Å². The van der Waals surface area contributed by atoms with Gasteiger partial charge in [-0.05, 0) is 67.1 Å². The van der Waals surface area contributed by atoms with Crippen LogP contribution >= 0.6 is 0 Å². The molecule has 1 aliphatic heterocycles. The predicted molar refractivity (Wildman–Crippen MR) is 133 cm³/mol. The maximum atomic E-state index is 12.6. The highest BCUT2D eigenvalue weighted by molar-refractivity contribution is 6.05. The molecule has 0 aromatic heterocycles. The standard InChI is InChI=1S/C19H22F3NO.C10H18/c1-3-16-17(23-12-11-18(16)24)6-4-5-13(2)14-7-9-15(10-8-14)19(20,21)22;1-8(9-4-2-5-9)10-6-3-7-10/h7-10,12-13H,3-6,11H2,1-2H3;8-10H,2-7H2,1H3. The van der Waals surface area contributed by atoms with E-state index in [0.29, 0.717) is 12.8 Å². The first-order chi connectivity index (χ1) is 16.2. The molecule has 1 unspecified atom stereocenters. The van der Waals surface area contributed by atoms with E-state index >= 15 is 0 Å². The molecule has 3 aliphatic rings. The van der Waals surface area contributed by atoms with E-state index in [9.17, 15) is 18.0 Å². The molecule has 2 nitrogen and oxygen atoms in total. The molecule has 0 spiro atoms. The number of hydrogen-bond acceptors (Lipinski definition) is 2. The minimum Gasteiger partial charge on any atom is -0.294 e. The Bertz CT molecular complexity index is 846. The van der Waals surface area contributed by atoms with Crippen LogP contribution in [0.5, 0.6) is 0 Å². The van der Waals surface area contributed by atoms with Crippen molar-refractivity contribution in [2.24, 2.45) is 22.7 Å². The number of hydrogen-bond donors (Lipinski definition) is 0. The number of carbonyl (C=O) groups excluding carboxylic acids is 1. The largest absolute Gasteiger partial charge is 0.416 e. The molecular formula is C29H40F3NO. The summed E-state index contributed by atoms with van der Waals surface area (Å²) >= 11 is 0. The molecule has 2 aliphatic carbocycles. The zero-order valence-electron chi connectivity index (χ0n) is 21.0. The van der Waals surface area contributed by atoms with Gasteiger partial charge in [-0.2, -0.15) is 13.2 Å². The smallest absolute Gasteiger partial charge is 0.294 e. The molecule has 34 heavy (non-hydrogen) atoms. The minimum absolute atomic E-state index is 0.151. The second-order valence-electron chi connectivity index (χ2n) is 10.4. The molecule has 0 saturated heterocycles. The van der Waals surface area contributed by atoms with E-state index in [1.165, 1.54) is 38.5 Å². The summed E-state index contributed by atoms with van der Waals surface area (Å²) in [5.74, 6) is 3.65. The fourth-order valence-electron chi connectivity index (χ4n) is 5.28. The van der Waals surface area contributed by atoms with Crippen molar-refractivity contribution in [3.05, 3.63) is 46.7 Å². The van der Waals surface area contributed by atoms with E-state index in [2.05, 4.69) is 11.9 Å². The van der Waals surface area contributed by atoms with Gasteiger partial charge in [-0.1, -0.05) is 71.4 Å². The van der Waals surface area contributed by atoms with E-state index < -0.39 is 11.7 Å². The van der Waals surface area contributed by atoms with Crippen LogP contribution in [0.4, 0.5) is 13.2 Å². The van der Waals surface area contributed by atoms with Gasteiger partial charge in [0.1, 0.15) is 0 Å². The number of halogens is 3. The summed E-state index contributed by atoms with van der Waals surface area (Å²) in [5.41, 5.74) is 1.97. The van der Waals surface area contributed by atoms with Gasteiger partial charge < -0.3 is 0 Å². The first-order valence-corrected chi connectivity index (χ1v) is 13.2. The number of alkyl halides is 3. The lowest BCUT2D eigenvalue weighted by molar-refractivity contribution is -0.137. The third kappa shape index (κ3) is 7.05. The second-order valence-corrected chi connectivity index (χ2v) is 10.4. The molecule has 1 heterocycles. The van der Waals surface area contributed by atoms with Crippen molar-refractivity contribution in [1.29, 1.82) is 0 Å². The summed E-state index contributed by atoms with van der Waals surface area (Å²) in [4.78, 5) is 16.2. The van der Waals surface area contributed by atoms with Crippen LogP contribution in [-0.4, -0.2) is 12.0 Å². The van der Waals surface area contributed by atoms with E-state index in [-0.39, 0.29) is 11.7 Å². The quantitative estimate of drug-likeness (QED) is 0.369. The van der Waals surface area contributed by atoms with E-state index in [0.717, 1.165) is 66.0 Å². The summed E-state index contributed by atoms with van der Waals surface area (Å²) in [6.07, 6.45) is 10.1. The molecule has 5 heteroatoms. The topological polar surface area (TPSA) is 29.4 Å². The van der Waals surface area contributed by atoms with Crippen molar-refractivity contribution in [2.45, 2.75) is 103 Å². The highest BCUT2D eigenvalue weighted by Gasteiger charge is 2.32. The van der Waals surface area contributed by atoms with Crippen LogP contribution in [0.15, 0.2) is 40.5 Å². The van der Waals surface area contributed by atoms with Gasteiger partial charge in [0.2, 0.25) is 0 Å². The molecule has 1 atom stereocenters. The van der Waals surface area contributed by atoms with Crippen LogP contribution in [0.3, 0.4) is 0 Å². The average molecular weight is 476 g/mol. The first kappa shape index (κ1) is 26.7. The molecule has 0 radical (unpaired) electrons. The molecule has 1 aromatic carbocycles.